The lowest BCUT2D eigenvalue weighted by atomic mass is 9.85. The summed E-state index contributed by atoms with van der Waals surface area (Å²) in [7, 11) is 0. The fourth-order valence-electron chi connectivity index (χ4n) is 1.76. The Hall–Kier alpha value is -0.610. The largest absolute Gasteiger partial charge is 0.349 e. The van der Waals surface area contributed by atoms with Gasteiger partial charge in [0.25, 0.3) is 5.91 Å². The van der Waals surface area contributed by atoms with Crippen LogP contribution >= 0.6 is 27.5 Å². The maximum atomic E-state index is 13.3. The van der Waals surface area contributed by atoms with Crippen LogP contribution in [0, 0.1) is 11.2 Å². The average molecular weight is 351 g/mol. The number of nitrogens with one attached hydrogen (secondary N) is 1. The maximum Gasteiger partial charge on any atom is 0.251 e. The minimum absolute atomic E-state index is 0.0560. The Morgan fingerprint density at radius 3 is 2.53 bits per heavy atom. The monoisotopic (exact) mass is 349 g/mol. The van der Waals surface area contributed by atoms with E-state index in [0.29, 0.717) is 22.3 Å². The fraction of sp³-hybridized carbons (Fsp3) is 0.500. The second-order valence-corrected chi connectivity index (χ2v) is 6.82. The maximum absolute atomic E-state index is 13.3. The highest BCUT2D eigenvalue weighted by molar-refractivity contribution is 9.10. The molecule has 0 fully saturated rings. The van der Waals surface area contributed by atoms with E-state index in [1.807, 2.05) is 20.8 Å². The van der Waals surface area contributed by atoms with Crippen LogP contribution in [-0.2, 0) is 0 Å². The normalized spacial score (nSPS) is 13.2. The van der Waals surface area contributed by atoms with E-state index in [2.05, 4.69) is 21.2 Å². The molecule has 0 spiro atoms. The van der Waals surface area contributed by atoms with Gasteiger partial charge in [-0.25, -0.2) is 4.39 Å². The Kier molecular flexibility index (Phi) is 5.81. The summed E-state index contributed by atoms with van der Waals surface area (Å²) in [6, 6.07) is 4.08. The highest BCUT2D eigenvalue weighted by Gasteiger charge is 2.26. The van der Waals surface area contributed by atoms with E-state index in [1.165, 1.54) is 12.1 Å². The quantitative estimate of drug-likeness (QED) is 0.803. The highest BCUT2D eigenvalue weighted by atomic mass is 79.9. The van der Waals surface area contributed by atoms with Crippen LogP contribution < -0.4 is 5.32 Å². The van der Waals surface area contributed by atoms with Crippen LogP contribution in [0.15, 0.2) is 22.7 Å². The summed E-state index contributed by atoms with van der Waals surface area (Å²) in [5.41, 5.74) is 0.199. The highest BCUT2D eigenvalue weighted by Crippen LogP contribution is 2.23. The predicted octanol–water partition coefficient (Wildman–Crippen LogP) is 4.36. The summed E-state index contributed by atoms with van der Waals surface area (Å²) >= 11 is 8.94. The molecular formula is C14H18BrClFNO. The van der Waals surface area contributed by atoms with Gasteiger partial charge in [-0.05, 0) is 30.0 Å². The Morgan fingerprint density at radius 1 is 1.42 bits per heavy atom. The van der Waals surface area contributed by atoms with Gasteiger partial charge in [0, 0.05) is 22.0 Å². The van der Waals surface area contributed by atoms with Crippen molar-refractivity contribution in [3.63, 3.8) is 0 Å². The zero-order valence-corrected chi connectivity index (χ0v) is 13.6. The van der Waals surface area contributed by atoms with Crippen LogP contribution in [0.4, 0.5) is 4.39 Å². The molecule has 1 amide bonds. The molecule has 0 aliphatic heterocycles. The number of carbonyl (C=O) groups excluding carboxylic acids is 1. The van der Waals surface area contributed by atoms with Crippen LogP contribution in [0.1, 0.15) is 37.6 Å². The molecule has 0 aliphatic rings. The van der Waals surface area contributed by atoms with Crippen molar-refractivity contribution in [3.8, 4) is 0 Å². The molecule has 0 saturated carbocycles. The first kappa shape index (κ1) is 16.4. The van der Waals surface area contributed by atoms with Crippen molar-refractivity contribution in [2.24, 2.45) is 5.41 Å². The van der Waals surface area contributed by atoms with Gasteiger partial charge in [0.05, 0.1) is 0 Å². The molecule has 19 heavy (non-hydrogen) atoms. The van der Waals surface area contributed by atoms with Crippen molar-refractivity contribution in [3.05, 3.63) is 34.1 Å². The number of halogens is 3. The topological polar surface area (TPSA) is 29.1 Å². The first-order valence-electron chi connectivity index (χ1n) is 6.07. The van der Waals surface area contributed by atoms with E-state index in [9.17, 15) is 9.18 Å². The second-order valence-electron chi connectivity index (χ2n) is 5.53. The summed E-state index contributed by atoms with van der Waals surface area (Å²) in [5.74, 6) is -0.260. The average Bonchev–Trinajstić information content (AvgIpc) is 2.25. The van der Waals surface area contributed by atoms with E-state index >= 15 is 0 Å². The van der Waals surface area contributed by atoms with Gasteiger partial charge in [-0.15, -0.1) is 11.6 Å². The van der Waals surface area contributed by atoms with E-state index in [0.717, 1.165) is 0 Å². The molecule has 106 valence electrons. The molecule has 1 aromatic rings. The zero-order chi connectivity index (χ0) is 14.6. The summed E-state index contributed by atoms with van der Waals surface area (Å²) in [5, 5.41) is 2.92. The third-order valence-electron chi connectivity index (χ3n) is 2.87. The summed E-state index contributed by atoms with van der Waals surface area (Å²) in [6.07, 6.45) is 0.674. The Bertz CT molecular complexity index is 439. The van der Waals surface area contributed by atoms with Gasteiger partial charge in [-0.3, -0.25) is 4.79 Å². The predicted molar refractivity (Wildman–Crippen MR) is 80.1 cm³/mol. The van der Waals surface area contributed by atoms with Crippen molar-refractivity contribution in [2.45, 2.75) is 33.2 Å². The molecule has 1 aromatic carbocycles. The third kappa shape index (κ3) is 5.11. The number of alkyl halides is 1. The van der Waals surface area contributed by atoms with Crippen LogP contribution in [0.25, 0.3) is 0 Å². The summed E-state index contributed by atoms with van der Waals surface area (Å²) in [6.45, 7) is 6.10. The molecule has 1 rings (SSSR count). The van der Waals surface area contributed by atoms with E-state index in [-0.39, 0.29) is 17.4 Å². The molecule has 0 bridgehead atoms. The van der Waals surface area contributed by atoms with Crippen molar-refractivity contribution >= 4 is 33.4 Å². The molecule has 0 saturated heterocycles. The molecule has 1 atom stereocenters. The molecular weight excluding hydrogens is 333 g/mol. The molecule has 2 nitrogen and oxygen atoms in total. The Morgan fingerprint density at radius 2 is 2.05 bits per heavy atom. The lowest BCUT2D eigenvalue weighted by Crippen LogP contribution is -2.44. The zero-order valence-electron chi connectivity index (χ0n) is 11.3. The number of amides is 1. The van der Waals surface area contributed by atoms with Crippen molar-refractivity contribution in [1.82, 2.24) is 5.32 Å². The van der Waals surface area contributed by atoms with Crippen molar-refractivity contribution in [1.29, 1.82) is 0 Å². The van der Waals surface area contributed by atoms with Gasteiger partial charge in [-0.1, -0.05) is 36.7 Å². The van der Waals surface area contributed by atoms with E-state index in [4.69, 9.17) is 11.6 Å². The minimum Gasteiger partial charge on any atom is -0.349 e. The number of hydrogen-bond acceptors (Lipinski definition) is 1. The Balaban J connectivity index is 2.87. The van der Waals surface area contributed by atoms with Gasteiger partial charge in [0.15, 0.2) is 0 Å². The third-order valence-corrected chi connectivity index (χ3v) is 3.55. The van der Waals surface area contributed by atoms with Gasteiger partial charge >= 0.3 is 0 Å². The van der Waals surface area contributed by atoms with Crippen LogP contribution in [-0.4, -0.2) is 17.8 Å². The molecule has 0 heterocycles. The molecule has 1 unspecified atom stereocenters. The first-order chi connectivity index (χ1) is 8.74. The van der Waals surface area contributed by atoms with Crippen LogP contribution in [0.5, 0.6) is 0 Å². The van der Waals surface area contributed by atoms with E-state index < -0.39 is 5.82 Å². The number of benzene rings is 1. The second kappa shape index (κ2) is 6.71. The number of hydrogen-bond donors (Lipinski definition) is 1. The molecule has 0 radical (unpaired) electrons. The molecule has 0 aliphatic carbocycles. The SMILES string of the molecule is CC(C)(C)C(CCCl)NC(=O)c1cc(F)cc(Br)c1. The smallest absolute Gasteiger partial charge is 0.251 e. The van der Waals surface area contributed by atoms with Gasteiger partial charge in [-0.2, -0.15) is 0 Å². The van der Waals surface area contributed by atoms with Gasteiger partial charge in [0.2, 0.25) is 0 Å². The number of carbonyl (C=O) groups is 1. The molecule has 5 heteroatoms. The van der Waals surface area contributed by atoms with Crippen molar-refractivity contribution in [2.75, 3.05) is 5.88 Å². The van der Waals surface area contributed by atoms with Crippen LogP contribution in [0.3, 0.4) is 0 Å². The van der Waals surface area contributed by atoms with Gasteiger partial charge in [0.1, 0.15) is 5.82 Å². The minimum atomic E-state index is -0.441. The van der Waals surface area contributed by atoms with Crippen LogP contribution in [0.2, 0.25) is 0 Å². The standard InChI is InChI=1S/C14H18BrClFNO/c1-14(2,3)12(4-5-16)18-13(19)9-6-10(15)8-11(17)7-9/h6-8,12H,4-5H2,1-3H3,(H,18,19). The molecule has 1 N–H and O–H groups in total. The van der Waals surface area contributed by atoms with E-state index in [1.54, 1.807) is 6.07 Å². The molecule has 0 aromatic heterocycles. The number of rotatable bonds is 4. The Labute approximate surface area is 126 Å². The lowest BCUT2D eigenvalue weighted by molar-refractivity contribution is 0.0900. The van der Waals surface area contributed by atoms with Gasteiger partial charge < -0.3 is 5.32 Å². The summed E-state index contributed by atoms with van der Waals surface area (Å²) in [4.78, 5) is 12.1. The van der Waals surface area contributed by atoms with Crippen molar-refractivity contribution < 1.29 is 9.18 Å². The summed E-state index contributed by atoms with van der Waals surface area (Å²) < 4.78 is 13.8. The first-order valence-corrected chi connectivity index (χ1v) is 7.39. The lowest BCUT2D eigenvalue weighted by Gasteiger charge is -2.31. The fourth-order valence-corrected chi connectivity index (χ4v) is 2.44.